The number of hydrogen-bond acceptors (Lipinski definition) is 3. The van der Waals surface area contributed by atoms with Gasteiger partial charge in [0.1, 0.15) is 5.75 Å². The first-order valence-corrected chi connectivity index (χ1v) is 5.67. The molecule has 1 aromatic heterocycles. The highest BCUT2D eigenvalue weighted by Crippen LogP contribution is 2.13. The summed E-state index contributed by atoms with van der Waals surface area (Å²) in [5.74, 6) is 0.887. The minimum Gasteiger partial charge on any atom is -0.497 e. The average Bonchev–Trinajstić information content (AvgIpc) is 2.14. The summed E-state index contributed by atoms with van der Waals surface area (Å²) in [5, 5.41) is 3.45. The molecular weight excluding hydrogens is 200 g/mol. The van der Waals surface area contributed by atoms with E-state index >= 15 is 0 Å². The third-order valence-corrected chi connectivity index (χ3v) is 2.25. The van der Waals surface area contributed by atoms with E-state index in [1.807, 2.05) is 19.1 Å². The monoisotopic (exact) mass is 222 g/mol. The van der Waals surface area contributed by atoms with Gasteiger partial charge in [-0.1, -0.05) is 0 Å². The molecule has 1 rings (SSSR count). The van der Waals surface area contributed by atoms with Crippen molar-refractivity contribution in [2.45, 2.75) is 39.7 Å². The molecule has 0 aliphatic rings. The molecule has 0 radical (unpaired) electrons. The largest absolute Gasteiger partial charge is 0.497 e. The zero-order chi connectivity index (χ0) is 12.2. The lowest BCUT2D eigenvalue weighted by atomic mass is 10.1. The summed E-state index contributed by atoms with van der Waals surface area (Å²) in [6.45, 7) is 9.41. The van der Waals surface area contributed by atoms with E-state index in [0.717, 1.165) is 30.1 Å². The molecule has 1 aromatic rings. The molecule has 0 atom stereocenters. The molecule has 0 amide bonds. The Hall–Kier alpha value is -1.09. The maximum Gasteiger partial charge on any atom is 0.122 e. The molecule has 0 aliphatic carbocycles. The predicted molar refractivity (Wildman–Crippen MR) is 67.0 cm³/mol. The Morgan fingerprint density at radius 2 is 2.00 bits per heavy atom. The molecule has 1 N–H and O–H groups in total. The van der Waals surface area contributed by atoms with Gasteiger partial charge in [0.2, 0.25) is 0 Å². The third kappa shape index (κ3) is 4.62. The highest BCUT2D eigenvalue weighted by atomic mass is 16.5. The smallest absolute Gasteiger partial charge is 0.122 e. The Morgan fingerprint density at radius 1 is 1.31 bits per heavy atom. The Bertz CT molecular complexity index is 342. The Kier molecular flexibility index (Phi) is 4.30. The van der Waals surface area contributed by atoms with Crippen LogP contribution < -0.4 is 10.1 Å². The lowest BCUT2D eigenvalue weighted by Gasteiger charge is -2.20. The molecule has 0 unspecified atom stereocenters. The molecule has 0 fully saturated rings. The van der Waals surface area contributed by atoms with Crippen LogP contribution in [-0.2, 0) is 6.42 Å². The van der Waals surface area contributed by atoms with Gasteiger partial charge in [-0.3, -0.25) is 4.98 Å². The Morgan fingerprint density at radius 3 is 2.56 bits per heavy atom. The zero-order valence-corrected chi connectivity index (χ0v) is 10.9. The van der Waals surface area contributed by atoms with E-state index in [1.54, 1.807) is 7.11 Å². The minimum atomic E-state index is 0.161. The molecule has 3 nitrogen and oxygen atoms in total. The third-order valence-electron chi connectivity index (χ3n) is 2.25. The Balaban J connectivity index is 2.57. The van der Waals surface area contributed by atoms with Crippen molar-refractivity contribution in [1.82, 2.24) is 10.3 Å². The van der Waals surface area contributed by atoms with E-state index in [2.05, 4.69) is 31.1 Å². The van der Waals surface area contributed by atoms with Crippen molar-refractivity contribution in [3.63, 3.8) is 0 Å². The molecule has 90 valence electrons. The van der Waals surface area contributed by atoms with Gasteiger partial charge in [-0.05, 0) is 27.7 Å². The first-order chi connectivity index (χ1) is 7.40. The highest BCUT2D eigenvalue weighted by molar-refractivity contribution is 5.26. The summed E-state index contributed by atoms with van der Waals surface area (Å²) < 4.78 is 5.22. The number of aromatic nitrogens is 1. The standard InChI is InChI=1S/C13H22N2O/c1-10-8-12(16-5)9-11(15-10)6-7-14-13(2,3)4/h8-9,14H,6-7H2,1-5H3. The first kappa shape index (κ1) is 13.0. The van der Waals surface area contributed by atoms with Gasteiger partial charge in [0, 0.05) is 42.0 Å². The van der Waals surface area contributed by atoms with Crippen LogP contribution in [0.15, 0.2) is 12.1 Å². The van der Waals surface area contributed by atoms with Crippen molar-refractivity contribution in [3.05, 3.63) is 23.5 Å². The lowest BCUT2D eigenvalue weighted by Crippen LogP contribution is -2.37. The second kappa shape index (κ2) is 5.30. The Labute approximate surface area is 98.2 Å². The van der Waals surface area contributed by atoms with Crippen LogP contribution in [0, 0.1) is 6.92 Å². The first-order valence-electron chi connectivity index (χ1n) is 5.67. The second-order valence-electron chi connectivity index (χ2n) is 5.07. The van der Waals surface area contributed by atoms with Gasteiger partial charge in [0.05, 0.1) is 7.11 Å². The van der Waals surface area contributed by atoms with Crippen LogP contribution >= 0.6 is 0 Å². The number of rotatable bonds is 4. The summed E-state index contributed by atoms with van der Waals surface area (Å²) >= 11 is 0. The minimum absolute atomic E-state index is 0.161. The van der Waals surface area contributed by atoms with E-state index < -0.39 is 0 Å². The zero-order valence-electron chi connectivity index (χ0n) is 10.9. The van der Waals surface area contributed by atoms with Crippen LogP contribution in [0.25, 0.3) is 0 Å². The summed E-state index contributed by atoms with van der Waals surface area (Å²) in [6.07, 6.45) is 0.926. The molecule has 0 aromatic carbocycles. The van der Waals surface area contributed by atoms with Crippen molar-refractivity contribution >= 4 is 0 Å². The average molecular weight is 222 g/mol. The second-order valence-corrected chi connectivity index (χ2v) is 5.07. The SMILES string of the molecule is COc1cc(C)nc(CCNC(C)(C)C)c1. The molecule has 1 heterocycles. The van der Waals surface area contributed by atoms with E-state index in [4.69, 9.17) is 4.74 Å². The van der Waals surface area contributed by atoms with Gasteiger partial charge in [-0.15, -0.1) is 0 Å². The maximum atomic E-state index is 5.22. The lowest BCUT2D eigenvalue weighted by molar-refractivity contribution is 0.411. The highest BCUT2D eigenvalue weighted by Gasteiger charge is 2.08. The summed E-state index contributed by atoms with van der Waals surface area (Å²) in [4.78, 5) is 4.48. The fourth-order valence-corrected chi connectivity index (χ4v) is 1.51. The van der Waals surface area contributed by atoms with Crippen molar-refractivity contribution in [2.24, 2.45) is 0 Å². The van der Waals surface area contributed by atoms with Crippen LogP contribution in [0.4, 0.5) is 0 Å². The summed E-state index contributed by atoms with van der Waals surface area (Å²) in [6, 6.07) is 3.94. The van der Waals surface area contributed by atoms with Crippen molar-refractivity contribution < 1.29 is 4.74 Å². The predicted octanol–water partition coefficient (Wildman–Crippen LogP) is 2.33. The molecule has 3 heteroatoms. The van der Waals surface area contributed by atoms with Crippen LogP contribution in [0.5, 0.6) is 5.75 Å². The fourth-order valence-electron chi connectivity index (χ4n) is 1.51. The number of nitrogens with one attached hydrogen (secondary N) is 1. The molecular formula is C13H22N2O. The number of ether oxygens (including phenoxy) is 1. The molecule has 0 bridgehead atoms. The van der Waals surface area contributed by atoms with Gasteiger partial charge >= 0.3 is 0 Å². The van der Waals surface area contributed by atoms with Crippen LogP contribution in [0.2, 0.25) is 0 Å². The van der Waals surface area contributed by atoms with E-state index in [0.29, 0.717) is 0 Å². The number of nitrogens with zero attached hydrogens (tertiary/aromatic N) is 1. The van der Waals surface area contributed by atoms with Gasteiger partial charge in [0.25, 0.3) is 0 Å². The summed E-state index contributed by atoms with van der Waals surface area (Å²) in [5.41, 5.74) is 2.24. The van der Waals surface area contributed by atoms with Crippen LogP contribution in [0.3, 0.4) is 0 Å². The van der Waals surface area contributed by atoms with Gasteiger partial charge < -0.3 is 10.1 Å². The molecule has 16 heavy (non-hydrogen) atoms. The van der Waals surface area contributed by atoms with Gasteiger partial charge in [-0.2, -0.15) is 0 Å². The summed E-state index contributed by atoms with van der Waals surface area (Å²) in [7, 11) is 1.69. The van der Waals surface area contributed by atoms with Crippen molar-refractivity contribution in [2.75, 3.05) is 13.7 Å². The number of pyridine rings is 1. The van der Waals surface area contributed by atoms with E-state index in [1.165, 1.54) is 0 Å². The van der Waals surface area contributed by atoms with E-state index in [-0.39, 0.29) is 5.54 Å². The molecule has 0 saturated carbocycles. The topological polar surface area (TPSA) is 34.1 Å². The number of hydrogen-bond donors (Lipinski definition) is 1. The number of aryl methyl sites for hydroxylation is 1. The van der Waals surface area contributed by atoms with Crippen molar-refractivity contribution in [3.8, 4) is 5.75 Å². The van der Waals surface area contributed by atoms with Gasteiger partial charge in [-0.25, -0.2) is 0 Å². The fraction of sp³-hybridized carbons (Fsp3) is 0.615. The number of methoxy groups -OCH3 is 1. The maximum absolute atomic E-state index is 5.22. The molecule has 0 aliphatic heterocycles. The molecule has 0 saturated heterocycles. The normalized spacial score (nSPS) is 11.6. The van der Waals surface area contributed by atoms with Gasteiger partial charge in [0.15, 0.2) is 0 Å². The van der Waals surface area contributed by atoms with Crippen LogP contribution in [-0.4, -0.2) is 24.2 Å². The van der Waals surface area contributed by atoms with E-state index in [9.17, 15) is 0 Å². The van der Waals surface area contributed by atoms with Crippen LogP contribution in [0.1, 0.15) is 32.2 Å². The van der Waals surface area contributed by atoms with Crippen molar-refractivity contribution in [1.29, 1.82) is 0 Å². The molecule has 0 spiro atoms. The quantitative estimate of drug-likeness (QED) is 0.849.